The summed E-state index contributed by atoms with van der Waals surface area (Å²) in [6.45, 7) is 13.5. The molecule has 6 N–H and O–H groups in total. The number of carbonyl (C=O) groups is 3. The highest BCUT2D eigenvalue weighted by Crippen LogP contribution is 2.33. The summed E-state index contributed by atoms with van der Waals surface area (Å²) in [5.41, 5.74) is 30.5. The molecule has 6 aromatic heterocycles. The molecular formula is C68H71F3N14O3S. The van der Waals surface area contributed by atoms with Crippen LogP contribution in [0, 0.1) is 58.0 Å². The molecule has 0 saturated carbocycles. The van der Waals surface area contributed by atoms with Gasteiger partial charge < -0.3 is 31.9 Å². The summed E-state index contributed by atoms with van der Waals surface area (Å²) in [6.07, 6.45) is 11.3. The van der Waals surface area contributed by atoms with E-state index >= 15 is 0 Å². The van der Waals surface area contributed by atoms with Gasteiger partial charge in [0.05, 0.1) is 70.5 Å². The van der Waals surface area contributed by atoms with Crippen LogP contribution < -0.4 is 17.2 Å². The molecule has 3 atom stereocenters. The summed E-state index contributed by atoms with van der Waals surface area (Å²) in [6, 6.07) is 28.4. The van der Waals surface area contributed by atoms with Crippen LogP contribution in [0.3, 0.4) is 0 Å². The fourth-order valence-electron chi connectivity index (χ4n) is 11.5. The molecule has 3 aromatic carbocycles. The smallest absolute Gasteiger partial charge is 0.228 e. The van der Waals surface area contributed by atoms with Gasteiger partial charge in [-0.05, 0) is 191 Å². The lowest BCUT2D eigenvalue weighted by Crippen LogP contribution is -2.30. The number of aromatic nitrogens is 8. The average Bonchev–Trinajstić information content (AvgIpc) is 2.05. The van der Waals surface area contributed by atoms with Crippen molar-refractivity contribution >= 4 is 46.1 Å². The summed E-state index contributed by atoms with van der Waals surface area (Å²) in [5.74, 6) is 0.774. The van der Waals surface area contributed by atoms with Crippen molar-refractivity contribution in [2.45, 2.75) is 91.4 Å². The van der Waals surface area contributed by atoms with E-state index in [1.807, 2.05) is 67.6 Å². The van der Waals surface area contributed by atoms with Gasteiger partial charge in [-0.3, -0.25) is 34.3 Å². The molecule has 9 aromatic rings. The largest absolute Gasteiger partial charge is 0.397 e. The second kappa shape index (κ2) is 28.1. The van der Waals surface area contributed by atoms with Crippen molar-refractivity contribution in [2.75, 3.05) is 56.5 Å². The number of benzene rings is 3. The number of anilines is 3. The first kappa shape index (κ1) is 62.5. The Hall–Kier alpha value is -9.50. The maximum Gasteiger partial charge on any atom is 0.228 e. The number of nitrogen functional groups attached to an aromatic ring is 3. The zero-order chi connectivity index (χ0) is 62.9. The molecule has 3 unspecified atom stereocenters. The van der Waals surface area contributed by atoms with Crippen molar-refractivity contribution in [3.05, 3.63) is 206 Å². The van der Waals surface area contributed by atoms with Gasteiger partial charge >= 0.3 is 0 Å². The highest BCUT2D eigenvalue weighted by atomic mass is 32.1. The third-order valence-corrected chi connectivity index (χ3v) is 17.4. The quantitative estimate of drug-likeness (QED) is 0.0973. The summed E-state index contributed by atoms with van der Waals surface area (Å²) in [5, 5.41) is 10.2. The fourth-order valence-corrected chi connectivity index (χ4v) is 12.3. The number of halogens is 3. The number of aryl methyl sites for hydroxylation is 5. The normalized spacial score (nSPS) is 16.2. The number of amides is 3. The summed E-state index contributed by atoms with van der Waals surface area (Å²) >= 11 is 1.59. The Morgan fingerprint density at radius 1 is 0.528 bits per heavy atom. The number of carbonyl (C=O) groups excluding carboxylic acids is 3. The third-order valence-electron chi connectivity index (χ3n) is 16.4. The van der Waals surface area contributed by atoms with Gasteiger partial charge in [-0.1, -0.05) is 6.07 Å². The standard InChI is InChI=1S/C24H25FN4O.C23H24FN5O.C21H22FN5OS/c1-16-11-19(25)4-5-20(16)22-7-6-21(26)23(28-22)13-24(30)29-10-8-18(15-29)12-17-3-2-9-27-14-17;1-14-11-26-23(27-12-14)16-7-8-29(13-16)22(30)10-21-19(25)5-6-20(28-21)18-4-3-17(24)9-15(18)2;1-12-9-15(22)3-4-16(12)18-6-5-17(23)19(24-18)10-20(28)27-8-7-14(11-27)21-26-25-13(2)29-21/h2-7,9,11,14,18H,8,10,12-13,15,26H2,1H3;3-6,9,11-12,16H,7-8,10,13,25H2,1-2H3;3-6,9,14H,7-8,10-11,23H2,1-2H3. The maximum absolute atomic E-state index is 13.4. The Morgan fingerprint density at radius 3 is 1.39 bits per heavy atom. The van der Waals surface area contributed by atoms with Crippen molar-refractivity contribution < 1.29 is 27.6 Å². The lowest BCUT2D eigenvalue weighted by atomic mass is 10.00. The van der Waals surface area contributed by atoms with E-state index in [9.17, 15) is 27.6 Å². The Labute approximate surface area is 519 Å². The van der Waals surface area contributed by atoms with Crippen LogP contribution >= 0.6 is 11.3 Å². The van der Waals surface area contributed by atoms with E-state index in [-0.39, 0.29) is 66.3 Å². The van der Waals surface area contributed by atoms with Crippen LogP contribution in [0.5, 0.6) is 0 Å². The van der Waals surface area contributed by atoms with Crippen LogP contribution in [0.2, 0.25) is 0 Å². The molecule has 12 rings (SSSR count). The molecule has 17 nitrogen and oxygen atoms in total. The minimum atomic E-state index is -0.289. The molecule has 0 spiro atoms. The number of likely N-dealkylation sites (tertiary alicyclic amines) is 3. The first-order valence-electron chi connectivity index (χ1n) is 29.7. The van der Waals surface area contributed by atoms with Gasteiger partial charge in [0.1, 0.15) is 33.3 Å². The molecule has 3 fully saturated rings. The SMILES string of the molecule is Cc1cc(F)ccc1-c1ccc(N)c(CC(=O)N2CCC(Cc3cccnc3)C2)n1.Cc1cnc(C2CCN(C(=O)Cc3nc(-c4ccc(F)cc4C)ccc3N)C2)nc1.Cc1nnc(C2CCN(C(=O)Cc3nc(-c4ccc(F)cc4C)ccc3N)C2)s1. The van der Waals surface area contributed by atoms with Crippen LogP contribution in [0.1, 0.15) is 91.8 Å². The molecule has 3 aliphatic heterocycles. The van der Waals surface area contributed by atoms with E-state index < -0.39 is 0 Å². The van der Waals surface area contributed by atoms with E-state index in [1.54, 1.807) is 78.5 Å². The third kappa shape index (κ3) is 15.8. The second-order valence-corrected chi connectivity index (χ2v) is 24.3. The molecule has 0 aliphatic carbocycles. The molecule has 89 heavy (non-hydrogen) atoms. The van der Waals surface area contributed by atoms with Gasteiger partial charge in [-0.25, -0.2) is 23.1 Å². The van der Waals surface area contributed by atoms with Gasteiger partial charge in [-0.15, -0.1) is 21.5 Å². The zero-order valence-electron chi connectivity index (χ0n) is 50.5. The van der Waals surface area contributed by atoms with Crippen LogP contribution in [0.4, 0.5) is 30.2 Å². The number of hydrogen-bond acceptors (Lipinski definition) is 15. The summed E-state index contributed by atoms with van der Waals surface area (Å²) < 4.78 is 40.3. The number of rotatable bonds is 13. The molecule has 3 saturated heterocycles. The van der Waals surface area contributed by atoms with Crippen LogP contribution in [0.25, 0.3) is 33.8 Å². The van der Waals surface area contributed by atoms with Crippen molar-refractivity contribution in [1.29, 1.82) is 0 Å². The van der Waals surface area contributed by atoms with Crippen LogP contribution in [-0.4, -0.2) is 112 Å². The maximum atomic E-state index is 13.4. The second-order valence-electron chi connectivity index (χ2n) is 23.1. The number of nitrogens with zero attached hydrogens (tertiary/aromatic N) is 11. The molecule has 458 valence electrons. The predicted octanol–water partition coefficient (Wildman–Crippen LogP) is 10.7. The molecule has 9 heterocycles. The number of nitrogens with two attached hydrogens (primary N) is 3. The van der Waals surface area contributed by atoms with Gasteiger partial charge in [0.15, 0.2) is 0 Å². The van der Waals surface area contributed by atoms with Crippen LogP contribution in [-0.2, 0) is 40.1 Å². The molecule has 3 amide bonds. The molecule has 21 heteroatoms. The monoisotopic (exact) mass is 1220 g/mol. The Balaban J connectivity index is 0.000000147. The van der Waals surface area contributed by atoms with E-state index in [1.165, 1.54) is 42.0 Å². The Morgan fingerprint density at radius 2 is 0.966 bits per heavy atom. The fraction of sp³-hybridized carbons (Fsp3) is 0.309. The number of hydrogen-bond donors (Lipinski definition) is 3. The lowest BCUT2D eigenvalue weighted by molar-refractivity contribution is -0.130. The van der Waals surface area contributed by atoms with Crippen molar-refractivity contribution in [3.8, 4) is 33.8 Å². The van der Waals surface area contributed by atoms with Gasteiger partial charge in [0, 0.05) is 92.6 Å². The Bertz CT molecular complexity index is 4020. The minimum Gasteiger partial charge on any atom is -0.397 e. The van der Waals surface area contributed by atoms with Gasteiger partial charge in [0.25, 0.3) is 0 Å². The first-order chi connectivity index (χ1) is 42.8. The van der Waals surface area contributed by atoms with Crippen molar-refractivity contribution in [1.82, 2.24) is 54.8 Å². The topological polar surface area (TPSA) is 242 Å². The summed E-state index contributed by atoms with van der Waals surface area (Å²) in [7, 11) is 0. The van der Waals surface area contributed by atoms with Crippen molar-refractivity contribution in [3.63, 3.8) is 0 Å². The number of pyridine rings is 4. The summed E-state index contributed by atoms with van der Waals surface area (Å²) in [4.78, 5) is 71.0. The Kier molecular flexibility index (Phi) is 19.8. The molecule has 0 bridgehead atoms. The van der Waals surface area contributed by atoms with Crippen molar-refractivity contribution in [2.24, 2.45) is 5.92 Å². The highest BCUT2D eigenvalue weighted by molar-refractivity contribution is 7.11. The molecular weight excluding hydrogens is 1150 g/mol. The van der Waals surface area contributed by atoms with Crippen LogP contribution in [0.15, 0.2) is 128 Å². The first-order valence-corrected chi connectivity index (χ1v) is 30.5. The average molecular weight is 1220 g/mol. The van der Waals surface area contributed by atoms with E-state index in [0.29, 0.717) is 83.3 Å². The zero-order valence-corrected chi connectivity index (χ0v) is 51.3. The van der Waals surface area contributed by atoms with E-state index in [0.717, 1.165) is 93.6 Å². The van der Waals surface area contributed by atoms with E-state index in [4.69, 9.17) is 17.2 Å². The van der Waals surface area contributed by atoms with Gasteiger partial charge in [0.2, 0.25) is 17.7 Å². The molecule has 3 aliphatic rings. The molecule has 0 radical (unpaired) electrons. The lowest BCUT2D eigenvalue weighted by Gasteiger charge is -2.17. The minimum absolute atomic E-state index is 0.000848. The predicted molar refractivity (Wildman–Crippen MR) is 339 cm³/mol. The van der Waals surface area contributed by atoms with E-state index in [2.05, 4.69) is 46.2 Å². The van der Waals surface area contributed by atoms with Gasteiger partial charge in [-0.2, -0.15) is 0 Å². The highest BCUT2D eigenvalue weighted by Gasteiger charge is 2.32.